The van der Waals surface area contributed by atoms with E-state index in [4.69, 9.17) is 0 Å². The Morgan fingerprint density at radius 3 is 1.55 bits per heavy atom. The third-order valence-electron chi connectivity index (χ3n) is 4.91. The summed E-state index contributed by atoms with van der Waals surface area (Å²) >= 11 is 0. The first-order valence-corrected chi connectivity index (χ1v) is 12.3. The van der Waals surface area contributed by atoms with Gasteiger partial charge < -0.3 is 24.7 Å². The predicted molar refractivity (Wildman–Crippen MR) is 115 cm³/mol. The quantitative estimate of drug-likeness (QED) is 0.157. The van der Waals surface area contributed by atoms with Crippen molar-refractivity contribution in [2.24, 2.45) is 0 Å². The summed E-state index contributed by atoms with van der Waals surface area (Å²) < 4.78 is 23.1. The third-order valence-corrected chi connectivity index (χ3v) is 8.79. The molecule has 0 radical (unpaired) electrons. The molecule has 0 saturated heterocycles. The van der Waals surface area contributed by atoms with Crippen molar-refractivity contribution in [1.82, 2.24) is 0 Å². The van der Waals surface area contributed by atoms with Crippen LogP contribution >= 0.6 is 15.2 Å². The maximum Gasteiger partial charge on any atom is 1.00 e. The number of aliphatic hydroxyl groups is 1. The minimum absolute atomic E-state index is 0. The van der Waals surface area contributed by atoms with Gasteiger partial charge in [-0.25, -0.2) is 0 Å². The van der Waals surface area contributed by atoms with Crippen LogP contribution in [0.3, 0.4) is 0 Å². The van der Waals surface area contributed by atoms with E-state index in [1.807, 2.05) is 60.7 Å². The van der Waals surface area contributed by atoms with Gasteiger partial charge in [0.25, 0.3) is 5.08 Å². The maximum atomic E-state index is 11.5. The van der Waals surface area contributed by atoms with E-state index >= 15 is 0 Å². The van der Waals surface area contributed by atoms with Crippen LogP contribution in [-0.4, -0.2) is 29.8 Å². The van der Waals surface area contributed by atoms with Gasteiger partial charge in [-0.2, -0.15) is 0 Å². The van der Waals surface area contributed by atoms with E-state index in [0.717, 1.165) is 22.3 Å². The van der Waals surface area contributed by atoms with Crippen molar-refractivity contribution in [1.29, 1.82) is 0 Å². The fourth-order valence-corrected chi connectivity index (χ4v) is 5.35. The van der Waals surface area contributed by atoms with Gasteiger partial charge in [-0.3, -0.25) is 9.13 Å². The van der Waals surface area contributed by atoms with E-state index in [0.29, 0.717) is 5.56 Å². The number of benzene rings is 3. The average Bonchev–Trinajstić information content (AvgIpc) is 2.71. The van der Waals surface area contributed by atoms with Crippen molar-refractivity contribution in [2.75, 3.05) is 0 Å². The Bertz CT molecular complexity index is 1110. The number of rotatable bonds is 7. The molecule has 0 aromatic heterocycles. The van der Waals surface area contributed by atoms with Crippen LogP contribution in [0.2, 0.25) is 0 Å². The Hall–Kier alpha value is 0.920. The first-order chi connectivity index (χ1) is 14.0. The van der Waals surface area contributed by atoms with E-state index in [1.54, 1.807) is 18.2 Å². The molecule has 7 nitrogen and oxygen atoms in total. The predicted octanol–water partition coefficient (Wildman–Crippen LogP) is -5.03. The SMILES string of the molecule is O=P(O)(O)C(O)(CCc1cccc(-c2cccc(-c3ccccc3)c2)c1)P(=O)(O)O.[Na+].[Na+].[Na+]. The van der Waals surface area contributed by atoms with Gasteiger partial charge in [-0.1, -0.05) is 72.8 Å². The maximum absolute atomic E-state index is 11.5. The van der Waals surface area contributed by atoms with Gasteiger partial charge in [0.15, 0.2) is 0 Å². The fraction of sp³-hybridized carbons (Fsp3) is 0.143. The Morgan fingerprint density at radius 1 is 0.606 bits per heavy atom. The molecule has 33 heavy (non-hydrogen) atoms. The second kappa shape index (κ2) is 14.0. The largest absolute Gasteiger partial charge is 1.00 e. The molecule has 12 heteroatoms. The fourth-order valence-electron chi connectivity index (χ4n) is 3.19. The van der Waals surface area contributed by atoms with Crippen molar-refractivity contribution in [3.8, 4) is 22.3 Å². The minimum atomic E-state index is -5.46. The van der Waals surface area contributed by atoms with Crippen molar-refractivity contribution >= 4 is 15.2 Å². The van der Waals surface area contributed by atoms with E-state index in [2.05, 4.69) is 0 Å². The van der Waals surface area contributed by atoms with Gasteiger partial charge >= 0.3 is 104 Å². The van der Waals surface area contributed by atoms with Crippen LogP contribution in [0, 0.1) is 0 Å². The topological polar surface area (TPSA) is 135 Å². The molecule has 0 heterocycles. The molecule has 3 aromatic carbocycles. The van der Waals surface area contributed by atoms with Crippen LogP contribution in [0.1, 0.15) is 12.0 Å². The molecule has 5 N–H and O–H groups in total. The Labute approximate surface area is 259 Å². The van der Waals surface area contributed by atoms with Crippen LogP contribution < -0.4 is 88.7 Å². The Balaban J connectivity index is 0.00000341. The zero-order valence-electron chi connectivity index (χ0n) is 18.9. The Morgan fingerprint density at radius 2 is 1.03 bits per heavy atom. The average molecular weight is 517 g/mol. The van der Waals surface area contributed by atoms with Crippen molar-refractivity contribution in [2.45, 2.75) is 17.9 Å². The van der Waals surface area contributed by atoms with Crippen LogP contribution in [0.5, 0.6) is 0 Å². The molecule has 0 aliphatic rings. The van der Waals surface area contributed by atoms with E-state index in [-0.39, 0.29) is 95.1 Å². The summed E-state index contributed by atoms with van der Waals surface area (Å²) in [6, 6.07) is 24.7. The number of hydrogen-bond acceptors (Lipinski definition) is 3. The monoisotopic (exact) mass is 517 g/mol. The van der Waals surface area contributed by atoms with Crippen molar-refractivity contribution in [3.63, 3.8) is 0 Å². The molecule has 0 unspecified atom stereocenters. The zero-order valence-corrected chi connectivity index (χ0v) is 26.7. The summed E-state index contributed by atoms with van der Waals surface area (Å²) in [5, 5.41) is 6.65. The summed E-state index contributed by atoms with van der Waals surface area (Å²) in [6.45, 7) is 0. The molecule has 0 spiro atoms. The number of hydrogen-bond donors (Lipinski definition) is 5. The van der Waals surface area contributed by atoms with Crippen LogP contribution in [0.15, 0.2) is 78.9 Å². The van der Waals surface area contributed by atoms with Gasteiger partial charge in [0, 0.05) is 6.42 Å². The molecule has 0 saturated carbocycles. The molecule has 0 atom stereocenters. The van der Waals surface area contributed by atoms with Crippen LogP contribution in [-0.2, 0) is 15.6 Å². The molecular weight excluding hydrogens is 495 g/mol. The molecule has 0 bridgehead atoms. The number of aryl methyl sites for hydroxylation is 1. The summed E-state index contributed by atoms with van der Waals surface area (Å²) in [5.74, 6) is 0. The third kappa shape index (κ3) is 8.48. The molecule has 3 aromatic rings. The first-order valence-electron chi connectivity index (χ1n) is 9.10. The van der Waals surface area contributed by atoms with Crippen molar-refractivity contribution in [3.05, 3.63) is 84.4 Å². The standard InChI is InChI=1S/C21H22O7P2.3Na/c22-21(29(23,24)25,30(26,27)28)13-12-16-6-4-9-18(14-16)20-11-5-10-19(15-20)17-7-2-1-3-8-17;;;/h1-11,14-15,22H,12-13H2,(H2,23,24,25)(H2,26,27,28);;;/q;3*+1. The van der Waals surface area contributed by atoms with Crippen molar-refractivity contribution < 1.29 is 122 Å². The van der Waals surface area contributed by atoms with Crippen LogP contribution in [0.4, 0.5) is 0 Å². The minimum Gasteiger partial charge on any atom is -0.368 e. The van der Waals surface area contributed by atoms with E-state index < -0.39 is 26.7 Å². The van der Waals surface area contributed by atoms with Gasteiger partial charge in [0.2, 0.25) is 0 Å². The van der Waals surface area contributed by atoms with Crippen LogP contribution in [0.25, 0.3) is 22.3 Å². The first kappa shape index (κ1) is 33.9. The molecule has 158 valence electrons. The molecule has 0 amide bonds. The summed E-state index contributed by atoms with van der Waals surface area (Å²) in [4.78, 5) is 37.2. The second-order valence-corrected chi connectivity index (χ2v) is 11.0. The summed E-state index contributed by atoms with van der Waals surface area (Å²) in [6.07, 6.45) is -0.909. The molecule has 0 aliphatic heterocycles. The normalized spacial score (nSPS) is 11.5. The smallest absolute Gasteiger partial charge is 0.368 e. The van der Waals surface area contributed by atoms with Gasteiger partial charge in [-0.05, 0) is 40.3 Å². The van der Waals surface area contributed by atoms with E-state index in [1.165, 1.54) is 0 Å². The summed E-state index contributed by atoms with van der Waals surface area (Å²) in [5.41, 5.74) is 4.41. The Kier molecular flexibility index (Phi) is 14.4. The second-order valence-electron chi connectivity index (χ2n) is 7.01. The zero-order chi connectivity index (χ0) is 22.0. The molecule has 0 aliphatic carbocycles. The van der Waals surface area contributed by atoms with Gasteiger partial charge in [0.1, 0.15) is 0 Å². The van der Waals surface area contributed by atoms with Gasteiger partial charge in [0.05, 0.1) is 0 Å². The molecular formula is C21H22Na3O7P2+3. The van der Waals surface area contributed by atoms with Gasteiger partial charge in [-0.15, -0.1) is 0 Å². The summed E-state index contributed by atoms with van der Waals surface area (Å²) in [7, 11) is -10.9. The van der Waals surface area contributed by atoms with E-state index in [9.17, 15) is 33.8 Å². The molecule has 0 fully saturated rings. The molecule has 3 rings (SSSR count).